The zero-order valence-corrected chi connectivity index (χ0v) is 34.3. The molecule has 1 saturated carbocycles. The van der Waals surface area contributed by atoms with Gasteiger partial charge in [-0.3, -0.25) is 9.58 Å². The molecule has 1 aromatic carbocycles. The number of nitrogens with zero attached hydrogens (tertiary/aromatic N) is 9. The van der Waals surface area contributed by atoms with E-state index in [0.29, 0.717) is 100 Å². The van der Waals surface area contributed by atoms with Crippen molar-refractivity contribution in [3.8, 4) is 22.8 Å². The summed E-state index contributed by atoms with van der Waals surface area (Å²) in [6.45, 7) is 12.9. The quantitative estimate of drug-likeness (QED) is 0.0965. The average molecular weight is 813 g/mol. The van der Waals surface area contributed by atoms with Crippen LogP contribution in [0.1, 0.15) is 58.9 Å². The van der Waals surface area contributed by atoms with Crippen LogP contribution in [0.15, 0.2) is 43.1 Å². The van der Waals surface area contributed by atoms with Crippen LogP contribution in [0.4, 0.5) is 11.6 Å². The summed E-state index contributed by atoms with van der Waals surface area (Å²) < 4.78 is 43.7. The number of tetrazole rings is 1. The number of nitrogens with one attached hydrogen (secondary N) is 1. The summed E-state index contributed by atoms with van der Waals surface area (Å²) in [5, 5.41) is 20.1. The van der Waals surface area contributed by atoms with Gasteiger partial charge in [-0.25, -0.2) is 14.6 Å². The van der Waals surface area contributed by atoms with Gasteiger partial charge < -0.3 is 38.5 Å². The summed E-state index contributed by atoms with van der Waals surface area (Å²) >= 11 is 6.49. The number of methoxy groups -OCH3 is 1. The van der Waals surface area contributed by atoms with Crippen LogP contribution in [0.3, 0.4) is 0 Å². The molecule has 17 nitrogen and oxygen atoms in total. The molecule has 6 rings (SSSR count). The van der Waals surface area contributed by atoms with Crippen LogP contribution in [-0.2, 0) is 30.2 Å². The van der Waals surface area contributed by atoms with Gasteiger partial charge in [0.2, 0.25) is 5.95 Å². The molecule has 57 heavy (non-hydrogen) atoms. The highest BCUT2D eigenvalue weighted by molar-refractivity contribution is 6.32. The summed E-state index contributed by atoms with van der Waals surface area (Å²) in [5.74, 6) is 1.48. The summed E-state index contributed by atoms with van der Waals surface area (Å²) in [7, 11) is 1.65. The highest BCUT2D eigenvalue weighted by Gasteiger charge is 2.32. The Bertz CT molecular complexity index is 1730. The van der Waals surface area contributed by atoms with Gasteiger partial charge in [0.1, 0.15) is 23.9 Å². The van der Waals surface area contributed by atoms with E-state index < -0.39 is 0 Å². The van der Waals surface area contributed by atoms with Crippen molar-refractivity contribution >= 4 is 23.2 Å². The average Bonchev–Trinajstić information content (AvgIpc) is 3.87. The lowest BCUT2D eigenvalue weighted by Crippen LogP contribution is -2.51. The van der Waals surface area contributed by atoms with E-state index in [4.69, 9.17) is 49.9 Å². The first-order valence-corrected chi connectivity index (χ1v) is 20.3. The van der Waals surface area contributed by atoms with Gasteiger partial charge in [0.25, 0.3) is 5.88 Å². The first-order chi connectivity index (χ1) is 27.8. The first-order valence-electron chi connectivity index (χ1n) is 19.9. The minimum absolute atomic E-state index is 0.219. The number of hydrogen-bond donors (Lipinski definition) is 1. The Balaban J connectivity index is 1.04. The molecule has 2 aliphatic rings. The number of aromatic nitrogens is 8. The molecule has 1 aliphatic carbocycles. The maximum Gasteiger partial charge on any atom is 0.256 e. The molecule has 0 spiro atoms. The first kappa shape index (κ1) is 42.6. The van der Waals surface area contributed by atoms with Crippen LogP contribution < -0.4 is 14.8 Å². The van der Waals surface area contributed by atoms with Gasteiger partial charge in [-0.15, -0.1) is 10.2 Å². The van der Waals surface area contributed by atoms with Crippen LogP contribution in [0.5, 0.6) is 11.6 Å². The molecule has 312 valence electrons. The Labute approximate surface area is 339 Å². The van der Waals surface area contributed by atoms with Crippen molar-refractivity contribution in [3.05, 3.63) is 48.1 Å². The van der Waals surface area contributed by atoms with Crippen molar-refractivity contribution in [2.24, 2.45) is 0 Å². The predicted molar refractivity (Wildman–Crippen MR) is 213 cm³/mol. The van der Waals surface area contributed by atoms with E-state index in [-0.39, 0.29) is 24.4 Å². The van der Waals surface area contributed by atoms with E-state index in [1.807, 2.05) is 25.3 Å². The number of anilines is 2. The molecule has 1 saturated heterocycles. The van der Waals surface area contributed by atoms with Crippen molar-refractivity contribution in [2.45, 2.75) is 89.8 Å². The molecule has 2 fully saturated rings. The smallest absolute Gasteiger partial charge is 0.256 e. The lowest BCUT2D eigenvalue weighted by atomic mass is 9.89. The zero-order chi connectivity index (χ0) is 39.8. The largest absolute Gasteiger partial charge is 0.487 e. The van der Waals surface area contributed by atoms with Crippen molar-refractivity contribution in [2.75, 3.05) is 78.4 Å². The number of morpholine rings is 1. The maximum absolute atomic E-state index is 6.49. The van der Waals surface area contributed by atoms with E-state index in [1.165, 1.54) is 0 Å². The third-order valence-corrected chi connectivity index (χ3v) is 10.2. The minimum Gasteiger partial charge on any atom is -0.487 e. The third kappa shape index (κ3) is 13.3. The molecule has 1 N–H and O–H groups in total. The monoisotopic (exact) mass is 812 g/mol. The lowest BCUT2D eigenvalue weighted by Gasteiger charge is -2.42. The van der Waals surface area contributed by atoms with E-state index in [2.05, 4.69) is 54.2 Å². The molecule has 3 aromatic heterocycles. The Morgan fingerprint density at radius 1 is 0.877 bits per heavy atom. The molecule has 0 unspecified atom stereocenters. The fourth-order valence-corrected chi connectivity index (χ4v) is 7.35. The van der Waals surface area contributed by atoms with Crippen molar-refractivity contribution in [1.29, 1.82) is 0 Å². The van der Waals surface area contributed by atoms with E-state index in [9.17, 15) is 0 Å². The number of benzene rings is 1. The Hall–Kier alpha value is -3.97. The van der Waals surface area contributed by atoms with Gasteiger partial charge in [-0.05, 0) is 74.6 Å². The van der Waals surface area contributed by atoms with Crippen molar-refractivity contribution in [3.63, 3.8) is 0 Å². The van der Waals surface area contributed by atoms with Gasteiger partial charge in [-0.2, -0.15) is 0 Å². The Morgan fingerprint density at radius 2 is 1.56 bits per heavy atom. The standard InChI is InChI=1S/C39H57ClN10O7/c1-28-23-48(24-29(2)56-28)33-7-9-34(10-8-33)50-26-36(38(45-50)55-13-5-12-52-16-17-54-19-18-53-15-14-51-4)44-39-41-21-32(22-42-39)31-6-11-35(40)37(20-31)57-30(3)25-49-27-43-46-47-49/h6,11,20-22,26-30,33-34H,5,7-10,12-19,23-25H2,1-4H3,(H,41,42,44)/t28-,29+,30-,33?,34?/m0/s1. The molecular formula is C39H57ClN10O7. The van der Waals surface area contributed by atoms with Gasteiger partial charge in [-0.1, -0.05) is 17.7 Å². The van der Waals surface area contributed by atoms with Crippen molar-refractivity contribution < 1.29 is 33.2 Å². The predicted octanol–water partition coefficient (Wildman–Crippen LogP) is 5.25. The van der Waals surface area contributed by atoms with Gasteiger partial charge >= 0.3 is 0 Å². The number of rotatable bonds is 23. The van der Waals surface area contributed by atoms with Crippen LogP contribution in [-0.4, -0.2) is 142 Å². The fourth-order valence-electron chi connectivity index (χ4n) is 7.19. The van der Waals surface area contributed by atoms with Crippen LogP contribution >= 0.6 is 11.6 Å². The van der Waals surface area contributed by atoms with Crippen LogP contribution in [0, 0.1) is 0 Å². The van der Waals surface area contributed by atoms with Gasteiger partial charge in [0, 0.05) is 57.2 Å². The molecule has 0 amide bonds. The van der Waals surface area contributed by atoms with E-state index >= 15 is 0 Å². The molecule has 1 aliphatic heterocycles. The maximum atomic E-state index is 6.49. The summed E-state index contributed by atoms with van der Waals surface area (Å²) in [6.07, 6.45) is 12.4. The number of halogens is 1. The molecule has 4 aromatic rings. The van der Waals surface area contributed by atoms with Crippen LogP contribution in [0.2, 0.25) is 5.02 Å². The van der Waals surface area contributed by atoms with Gasteiger partial charge in [0.05, 0.1) is 82.3 Å². The minimum atomic E-state index is -0.219. The van der Waals surface area contributed by atoms with Gasteiger partial charge in [0.15, 0.2) is 0 Å². The van der Waals surface area contributed by atoms with E-state index in [0.717, 1.165) is 49.9 Å². The molecule has 0 radical (unpaired) electrons. The second kappa shape index (κ2) is 22.3. The second-order valence-electron chi connectivity index (χ2n) is 14.6. The highest BCUT2D eigenvalue weighted by atomic mass is 35.5. The molecular weight excluding hydrogens is 756 g/mol. The summed E-state index contributed by atoms with van der Waals surface area (Å²) in [5.41, 5.74) is 2.38. The molecule has 18 heteroatoms. The molecule has 4 heterocycles. The third-order valence-electron chi connectivity index (χ3n) is 9.88. The lowest BCUT2D eigenvalue weighted by molar-refractivity contribution is -0.0852. The second-order valence-corrected chi connectivity index (χ2v) is 15.0. The molecule has 3 atom stereocenters. The SMILES string of the molecule is COCCOCCOCCOCCCOc1nn(C2CCC(N3C[C@@H](C)O[C@@H](C)C3)CC2)cc1Nc1ncc(-c2ccc(Cl)c(O[C@@H](C)Cn3cnnn3)c2)cn1. The normalized spacial score (nSPS) is 20.7. The zero-order valence-electron chi connectivity index (χ0n) is 33.5. The summed E-state index contributed by atoms with van der Waals surface area (Å²) in [6, 6.07) is 6.43. The topological polar surface area (TPSA) is 167 Å². The highest BCUT2D eigenvalue weighted by Crippen LogP contribution is 2.36. The van der Waals surface area contributed by atoms with Crippen molar-refractivity contribution in [1.82, 2.24) is 44.9 Å². The molecule has 0 bridgehead atoms. The Kier molecular flexibility index (Phi) is 16.6. The van der Waals surface area contributed by atoms with E-state index in [1.54, 1.807) is 36.6 Å². The van der Waals surface area contributed by atoms with Crippen LogP contribution in [0.25, 0.3) is 11.1 Å². The Morgan fingerprint density at radius 3 is 2.25 bits per heavy atom. The number of ether oxygens (including phenoxy) is 7. The fraction of sp³-hybridized carbons (Fsp3) is 0.641. The number of hydrogen-bond acceptors (Lipinski definition) is 15. The summed E-state index contributed by atoms with van der Waals surface area (Å²) in [4.78, 5) is 11.9.